The first-order valence-corrected chi connectivity index (χ1v) is 12.9. The molecule has 1 aromatic carbocycles. The van der Waals surface area contributed by atoms with Crippen molar-refractivity contribution in [3.8, 4) is 0 Å². The molecule has 0 bridgehead atoms. The number of oxime groups is 1. The average molecular weight is 736 g/mol. The van der Waals surface area contributed by atoms with Crippen LogP contribution in [0, 0.1) is 5.41 Å². The molecule has 2 rings (SSSR count). The van der Waals surface area contributed by atoms with Crippen molar-refractivity contribution < 1.29 is 88.7 Å². The van der Waals surface area contributed by atoms with Crippen molar-refractivity contribution in [3.05, 3.63) is 35.4 Å². The molecule has 0 fully saturated rings. The number of rotatable bonds is 12. The van der Waals surface area contributed by atoms with Gasteiger partial charge < -0.3 is 9.74 Å². The fraction of sp³-hybridized carbons (Fsp3) is 0.615. The van der Waals surface area contributed by atoms with Gasteiger partial charge >= 0.3 is 53.9 Å². The van der Waals surface area contributed by atoms with Crippen LogP contribution in [0.25, 0.3) is 6.08 Å². The predicted molar refractivity (Wildman–Crippen MR) is 131 cm³/mol. The molecule has 1 aliphatic heterocycles. The molecule has 1 heterocycles. The Hall–Kier alpha value is -3.36. The van der Waals surface area contributed by atoms with Crippen LogP contribution in [0.5, 0.6) is 0 Å². The second-order valence-corrected chi connectivity index (χ2v) is 11.4. The van der Waals surface area contributed by atoms with Crippen LogP contribution in [0.2, 0.25) is 0 Å². The number of alkyl halides is 18. The maximum Gasteiger partial charge on any atom is 0.460 e. The molecule has 0 unspecified atom stereocenters. The lowest BCUT2D eigenvalue weighted by Gasteiger charge is -2.36. The fourth-order valence-electron chi connectivity index (χ4n) is 3.95. The van der Waals surface area contributed by atoms with Crippen molar-refractivity contribution in [1.82, 2.24) is 0 Å². The molecule has 0 atom stereocenters. The zero-order chi connectivity index (χ0) is 37.7. The van der Waals surface area contributed by atoms with Crippen molar-refractivity contribution in [2.45, 2.75) is 81.5 Å². The Balaban J connectivity index is 2.52. The Morgan fingerprint density at radius 1 is 0.625 bits per heavy atom. The molecule has 274 valence electrons. The molecule has 0 aromatic heterocycles. The molecule has 0 N–H and O–H groups in total. The molecule has 1 aromatic rings. The highest BCUT2D eigenvalue weighted by Crippen LogP contribution is 2.55. The first kappa shape index (κ1) is 40.8. The smallest absolute Gasteiger partial charge is 0.371 e. The van der Waals surface area contributed by atoms with Crippen molar-refractivity contribution in [2.24, 2.45) is 10.6 Å². The number of hydrogen-bond acceptors (Lipinski definition) is 4. The van der Waals surface area contributed by atoms with Crippen LogP contribution in [0.15, 0.2) is 35.0 Å². The molecule has 0 saturated carbocycles. The third kappa shape index (κ3) is 7.45. The Kier molecular flexibility index (Phi) is 10.6. The summed E-state index contributed by atoms with van der Waals surface area (Å²) in [5, 5.41) is 3.59. The van der Waals surface area contributed by atoms with Gasteiger partial charge in [-0.2, -0.15) is 79.0 Å². The standard InChI is InChI=1S/C26H22F18N2O2/c1-18(2,3)16-15(17(47)48-45-16)12-13-4-6-14(7-5-13)46(10-8-19(27,28)21(31,32)23(35,36)25(39,40)41)11-9-20(29,30)22(33,34)24(37,38)26(42,43)44/h4-7,12H,8-11H2,1-3H3. The van der Waals surface area contributed by atoms with Gasteiger partial charge in [-0.3, -0.25) is 0 Å². The summed E-state index contributed by atoms with van der Waals surface area (Å²) in [6.07, 6.45) is -18.8. The van der Waals surface area contributed by atoms with Crippen molar-refractivity contribution in [1.29, 1.82) is 0 Å². The second kappa shape index (κ2) is 12.5. The summed E-state index contributed by atoms with van der Waals surface area (Å²) in [5.74, 6) is -42.7. The molecule has 4 nitrogen and oxygen atoms in total. The average Bonchev–Trinajstić information content (AvgIpc) is 3.27. The SMILES string of the molecule is CC(C)(C)C1=NOC(=O)C1=Cc1ccc(N(CCC(F)(F)C(F)(F)C(F)(F)C(F)(F)F)CCC(F)(F)C(F)(F)C(F)(F)C(F)(F)F)cc1. The molecular weight excluding hydrogens is 714 g/mol. The minimum absolute atomic E-state index is 0.00661. The molecular formula is C26H22F18N2O2. The lowest BCUT2D eigenvalue weighted by atomic mass is 9.85. The molecule has 0 amide bonds. The van der Waals surface area contributed by atoms with Gasteiger partial charge in [0, 0.05) is 37.0 Å². The first-order chi connectivity index (χ1) is 21.2. The number of halogens is 18. The van der Waals surface area contributed by atoms with Crippen LogP contribution < -0.4 is 4.90 Å². The van der Waals surface area contributed by atoms with E-state index in [0.717, 1.165) is 18.2 Å². The lowest BCUT2D eigenvalue weighted by molar-refractivity contribution is -0.396. The summed E-state index contributed by atoms with van der Waals surface area (Å²) >= 11 is 0. The monoisotopic (exact) mass is 736 g/mol. The van der Waals surface area contributed by atoms with Crippen LogP contribution in [-0.4, -0.2) is 72.7 Å². The molecule has 0 saturated heterocycles. The van der Waals surface area contributed by atoms with Gasteiger partial charge in [0.1, 0.15) is 5.71 Å². The minimum atomic E-state index is -7.36. The summed E-state index contributed by atoms with van der Waals surface area (Å²) in [5.41, 5.74) is -1.59. The van der Waals surface area contributed by atoms with Gasteiger partial charge in [0.25, 0.3) is 0 Å². The number of anilines is 1. The van der Waals surface area contributed by atoms with Crippen molar-refractivity contribution >= 4 is 23.4 Å². The summed E-state index contributed by atoms with van der Waals surface area (Å²) in [6, 6.07) is 3.27. The second-order valence-electron chi connectivity index (χ2n) is 11.4. The lowest BCUT2D eigenvalue weighted by Crippen LogP contribution is -2.62. The van der Waals surface area contributed by atoms with Gasteiger partial charge in [-0.25, -0.2) is 4.79 Å². The highest BCUT2D eigenvalue weighted by molar-refractivity contribution is 6.26. The quantitative estimate of drug-likeness (QED) is 0.122. The largest absolute Gasteiger partial charge is 0.460 e. The summed E-state index contributed by atoms with van der Waals surface area (Å²) in [7, 11) is 0. The van der Waals surface area contributed by atoms with Crippen molar-refractivity contribution in [2.75, 3.05) is 18.0 Å². The van der Waals surface area contributed by atoms with Crippen LogP contribution in [-0.2, 0) is 9.63 Å². The van der Waals surface area contributed by atoms with E-state index in [-0.39, 0.29) is 21.7 Å². The van der Waals surface area contributed by atoms with Crippen LogP contribution in [0.4, 0.5) is 84.7 Å². The molecule has 0 spiro atoms. The van der Waals surface area contributed by atoms with Crippen LogP contribution >= 0.6 is 0 Å². The third-order valence-electron chi connectivity index (χ3n) is 6.79. The van der Waals surface area contributed by atoms with E-state index in [1.165, 1.54) is 0 Å². The first-order valence-electron chi connectivity index (χ1n) is 12.9. The maximum absolute atomic E-state index is 14.2. The molecule has 0 aliphatic carbocycles. The zero-order valence-electron chi connectivity index (χ0n) is 24.2. The van der Waals surface area contributed by atoms with Gasteiger partial charge in [0.2, 0.25) is 0 Å². The van der Waals surface area contributed by atoms with Crippen LogP contribution in [0.3, 0.4) is 0 Å². The van der Waals surface area contributed by atoms with E-state index in [0.29, 0.717) is 12.1 Å². The van der Waals surface area contributed by atoms with E-state index in [4.69, 9.17) is 0 Å². The Morgan fingerprint density at radius 2 is 1.00 bits per heavy atom. The number of carbonyl (C=O) groups excluding carboxylic acids is 1. The van der Waals surface area contributed by atoms with Gasteiger partial charge in [-0.1, -0.05) is 38.1 Å². The van der Waals surface area contributed by atoms with Gasteiger partial charge in [-0.05, 0) is 23.8 Å². The van der Waals surface area contributed by atoms with Crippen LogP contribution in [0.1, 0.15) is 39.2 Å². The summed E-state index contributed by atoms with van der Waals surface area (Å²) < 4.78 is 240. The number of hydrogen-bond donors (Lipinski definition) is 0. The predicted octanol–water partition coefficient (Wildman–Crippen LogP) is 9.55. The summed E-state index contributed by atoms with van der Waals surface area (Å²) in [6.45, 7) is 0.937. The molecule has 48 heavy (non-hydrogen) atoms. The van der Waals surface area contributed by atoms with E-state index in [9.17, 15) is 83.8 Å². The number of benzene rings is 1. The van der Waals surface area contributed by atoms with E-state index in [1.807, 2.05) is 0 Å². The Bertz CT molecular complexity index is 1330. The number of carbonyl (C=O) groups is 1. The van der Waals surface area contributed by atoms with Gasteiger partial charge in [-0.15, -0.1) is 0 Å². The maximum atomic E-state index is 14.2. The molecule has 22 heteroatoms. The third-order valence-corrected chi connectivity index (χ3v) is 6.79. The van der Waals surface area contributed by atoms with E-state index in [1.54, 1.807) is 20.8 Å². The Labute approximate surface area is 258 Å². The number of nitrogens with zero attached hydrogens (tertiary/aromatic N) is 2. The van der Waals surface area contributed by atoms with E-state index >= 15 is 0 Å². The topological polar surface area (TPSA) is 41.9 Å². The van der Waals surface area contributed by atoms with Crippen molar-refractivity contribution in [3.63, 3.8) is 0 Å². The summed E-state index contributed by atoms with van der Waals surface area (Å²) in [4.78, 5) is 16.6. The van der Waals surface area contributed by atoms with Gasteiger partial charge in [0.15, 0.2) is 0 Å². The Morgan fingerprint density at radius 3 is 1.33 bits per heavy atom. The highest BCUT2D eigenvalue weighted by atomic mass is 19.4. The highest BCUT2D eigenvalue weighted by Gasteiger charge is 2.82. The van der Waals surface area contributed by atoms with Gasteiger partial charge in [0.05, 0.1) is 5.57 Å². The molecule has 0 radical (unpaired) electrons. The normalized spacial score (nSPS) is 17.1. The zero-order valence-corrected chi connectivity index (χ0v) is 24.2. The fourth-order valence-corrected chi connectivity index (χ4v) is 3.95. The minimum Gasteiger partial charge on any atom is -0.371 e. The van der Waals surface area contributed by atoms with E-state index in [2.05, 4.69) is 9.99 Å². The molecule has 1 aliphatic rings. The van der Waals surface area contributed by atoms with E-state index < -0.39 is 90.9 Å².